The second-order valence-electron chi connectivity index (χ2n) is 6.38. The molecule has 0 atom stereocenters. The van der Waals surface area contributed by atoms with Crippen LogP contribution in [0.2, 0.25) is 0 Å². The van der Waals surface area contributed by atoms with Crippen molar-refractivity contribution >= 4 is 32.4 Å². The zero-order chi connectivity index (χ0) is 14.7. The Hall–Kier alpha value is 0.687. The molecule has 0 aromatic rings. The summed E-state index contributed by atoms with van der Waals surface area (Å²) < 4.78 is 0. The molecule has 0 aromatic heterocycles. The van der Waals surface area contributed by atoms with Crippen LogP contribution >= 0.6 is 13.5 Å². The molecule has 0 nitrogen and oxygen atoms in total. The van der Waals surface area contributed by atoms with Crippen molar-refractivity contribution in [1.82, 2.24) is 0 Å². The largest absolute Gasteiger partial charge is 0.103 e. The van der Waals surface area contributed by atoms with E-state index in [4.69, 9.17) is 0 Å². The summed E-state index contributed by atoms with van der Waals surface area (Å²) in [6.07, 6.45) is 26.4. The van der Waals surface area contributed by atoms with Crippen molar-refractivity contribution in [1.29, 1.82) is 0 Å². The Morgan fingerprint density at radius 2 is 0.818 bits per heavy atom. The topological polar surface area (TPSA) is 0 Å². The Balaban J connectivity index is -0.00000180. The molecule has 0 unspecified atom stereocenters. The van der Waals surface area contributed by atoms with Crippen LogP contribution in [-0.2, 0) is 0 Å². The van der Waals surface area contributed by atoms with Crippen LogP contribution in [0.4, 0.5) is 0 Å². The minimum Gasteiger partial charge on any atom is -0.103 e. The molecule has 0 rings (SSSR count). The standard InChI is InChI=1S/C20H40.Li.S/c1-3-5-7-9-11-13-15-17-19-20-18-16-14-12-10-8-6-4-2;;/h3H,1,4-20H2,2H3;;. The van der Waals surface area contributed by atoms with Gasteiger partial charge in [-0.05, 0) is 12.8 Å². The third-order valence-corrected chi connectivity index (χ3v) is 4.26. The first-order valence-corrected chi connectivity index (χ1v) is 9.52. The molecule has 0 spiro atoms. The normalized spacial score (nSPS) is 9.86. The molecular formula is C20H40LiS. The molecule has 2 heteroatoms. The van der Waals surface area contributed by atoms with Crippen LogP contribution in [0.25, 0.3) is 0 Å². The van der Waals surface area contributed by atoms with Crippen molar-refractivity contribution in [2.45, 2.75) is 116 Å². The van der Waals surface area contributed by atoms with Gasteiger partial charge >= 0.3 is 0 Å². The maximum absolute atomic E-state index is 3.77. The second kappa shape index (κ2) is 26.6. The fourth-order valence-corrected chi connectivity index (χ4v) is 2.84. The van der Waals surface area contributed by atoms with E-state index in [1.165, 1.54) is 109 Å². The van der Waals surface area contributed by atoms with E-state index in [0.717, 1.165) is 0 Å². The summed E-state index contributed by atoms with van der Waals surface area (Å²) in [5, 5.41) is 0. The predicted molar refractivity (Wildman–Crippen MR) is 108 cm³/mol. The average Bonchev–Trinajstić information content (AvgIpc) is 2.47. The van der Waals surface area contributed by atoms with Crippen LogP contribution in [-0.4, -0.2) is 18.9 Å². The Morgan fingerprint density at radius 1 is 0.545 bits per heavy atom. The molecule has 0 aliphatic heterocycles. The van der Waals surface area contributed by atoms with Crippen LogP contribution in [0.3, 0.4) is 0 Å². The average molecular weight is 320 g/mol. The molecule has 0 bridgehead atoms. The predicted octanol–water partition coefficient (Wildman–Crippen LogP) is 8.09. The summed E-state index contributed by atoms with van der Waals surface area (Å²) in [6.45, 7) is 6.06. The van der Waals surface area contributed by atoms with Gasteiger partial charge in [0.2, 0.25) is 0 Å². The van der Waals surface area contributed by atoms with Gasteiger partial charge in [-0.25, -0.2) is 0 Å². The van der Waals surface area contributed by atoms with Gasteiger partial charge < -0.3 is 0 Å². The molecule has 127 valence electrons. The molecule has 0 aromatic carbocycles. The SMILES string of the molecule is C=CCCCCCCCCCCCCCCCCCC.[Li].[S]. The van der Waals surface area contributed by atoms with Crippen LogP contribution in [0.5, 0.6) is 0 Å². The monoisotopic (exact) mass is 319 g/mol. The Bertz CT molecular complexity index is 183. The third-order valence-electron chi connectivity index (χ3n) is 4.26. The van der Waals surface area contributed by atoms with Crippen molar-refractivity contribution < 1.29 is 0 Å². The zero-order valence-electron chi connectivity index (χ0n) is 15.7. The molecule has 0 N–H and O–H groups in total. The van der Waals surface area contributed by atoms with Crippen LogP contribution < -0.4 is 0 Å². The van der Waals surface area contributed by atoms with E-state index in [0.29, 0.717) is 0 Å². The Labute approximate surface area is 160 Å². The van der Waals surface area contributed by atoms with Gasteiger partial charge in [0, 0.05) is 32.4 Å². The van der Waals surface area contributed by atoms with Crippen molar-refractivity contribution in [3.63, 3.8) is 0 Å². The molecule has 0 aliphatic rings. The molecular weight excluding hydrogens is 279 g/mol. The summed E-state index contributed by atoms with van der Waals surface area (Å²) in [5.74, 6) is 0. The Morgan fingerprint density at radius 3 is 1.09 bits per heavy atom. The smallest absolute Gasteiger partial charge is 0 e. The first kappa shape index (κ1) is 27.5. The molecule has 22 heavy (non-hydrogen) atoms. The number of hydrogen-bond donors (Lipinski definition) is 0. The van der Waals surface area contributed by atoms with E-state index in [2.05, 4.69) is 13.5 Å². The maximum atomic E-state index is 3.77. The van der Waals surface area contributed by atoms with Crippen molar-refractivity contribution in [3.8, 4) is 0 Å². The van der Waals surface area contributed by atoms with Gasteiger partial charge in [0.05, 0.1) is 0 Å². The fourth-order valence-electron chi connectivity index (χ4n) is 2.84. The number of rotatable bonds is 17. The number of hydrogen-bond acceptors (Lipinski definition) is 0. The van der Waals surface area contributed by atoms with Crippen LogP contribution in [0.15, 0.2) is 12.7 Å². The van der Waals surface area contributed by atoms with E-state index in [-0.39, 0.29) is 32.4 Å². The van der Waals surface area contributed by atoms with E-state index in [9.17, 15) is 0 Å². The first-order valence-electron chi connectivity index (χ1n) is 9.52. The van der Waals surface area contributed by atoms with Gasteiger partial charge in [-0.2, -0.15) is 0 Å². The van der Waals surface area contributed by atoms with Crippen molar-refractivity contribution in [3.05, 3.63) is 12.7 Å². The van der Waals surface area contributed by atoms with E-state index in [1.807, 2.05) is 6.08 Å². The maximum Gasteiger partial charge on any atom is 0 e. The minimum absolute atomic E-state index is 0. The molecule has 0 aliphatic carbocycles. The van der Waals surface area contributed by atoms with E-state index in [1.54, 1.807) is 0 Å². The summed E-state index contributed by atoms with van der Waals surface area (Å²) in [7, 11) is 0. The van der Waals surface area contributed by atoms with Gasteiger partial charge in [-0.1, -0.05) is 109 Å². The summed E-state index contributed by atoms with van der Waals surface area (Å²) in [5.41, 5.74) is 0. The number of unbranched alkanes of at least 4 members (excludes halogenated alkanes) is 16. The summed E-state index contributed by atoms with van der Waals surface area (Å²) in [4.78, 5) is 0. The summed E-state index contributed by atoms with van der Waals surface area (Å²) in [6, 6.07) is 0. The van der Waals surface area contributed by atoms with Crippen LogP contribution in [0.1, 0.15) is 116 Å². The molecule has 0 heterocycles. The van der Waals surface area contributed by atoms with Gasteiger partial charge in [-0.3, -0.25) is 0 Å². The van der Waals surface area contributed by atoms with E-state index >= 15 is 0 Å². The summed E-state index contributed by atoms with van der Waals surface area (Å²) >= 11 is 0. The van der Waals surface area contributed by atoms with Crippen molar-refractivity contribution in [2.75, 3.05) is 0 Å². The van der Waals surface area contributed by atoms with Gasteiger partial charge in [0.1, 0.15) is 0 Å². The molecule has 3 radical (unpaired) electrons. The number of allylic oxidation sites excluding steroid dienone is 1. The third kappa shape index (κ3) is 25.6. The molecule has 0 saturated heterocycles. The van der Waals surface area contributed by atoms with Gasteiger partial charge in [0.25, 0.3) is 0 Å². The Kier molecular flexibility index (Phi) is 33.3. The van der Waals surface area contributed by atoms with Crippen LogP contribution in [0, 0.1) is 0 Å². The minimum atomic E-state index is 0. The molecule has 0 fully saturated rings. The second-order valence-corrected chi connectivity index (χ2v) is 6.38. The fraction of sp³-hybridized carbons (Fsp3) is 0.900. The first-order chi connectivity index (χ1) is 9.91. The van der Waals surface area contributed by atoms with E-state index < -0.39 is 0 Å². The van der Waals surface area contributed by atoms with Gasteiger partial charge in [0.15, 0.2) is 0 Å². The molecule has 0 saturated carbocycles. The van der Waals surface area contributed by atoms with Gasteiger partial charge in [-0.15, -0.1) is 6.58 Å². The zero-order valence-corrected chi connectivity index (χ0v) is 16.5. The van der Waals surface area contributed by atoms with Crippen molar-refractivity contribution in [2.24, 2.45) is 0 Å². The molecule has 0 amide bonds. The quantitative estimate of drug-likeness (QED) is 0.144.